The van der Waals surface area contributed by atoms with Crippen molar-refractivity contribution < 1.29 is 9.84 Å². The molecule has 3 unspecified atom stereocenters. The van der Waals surface area contributed by atoms with E-state index in [-0.39, 0.29) is 0 Å². The number of ether oxygens (including phenoxy) is 1. The van der Waals surface area contributed by atoms with E-state index in [0.29, 0.717) is 25.1 Å². The molecule has 2 N–H and O–H groups in total. The molecule has 0 radical (unpaired) electrons. The summed E-state index contributed by atoms with van der Waals surface area (Å²) < 4.78 is 5.64. The maximum absolute atomic E-state index is 9.83. The SMILES string of the molecule is CCCCC(CC)COCC(O)CNC(C)CSC. The van der Waals surface area contributed by atoms with Gasteiger partial charge in [0.25, 0.3) is 0 Å². The monoisotopic (exact) mass is 291 g/mol. The van der Waals surface area contributed by atoms with Crippen molar-refractivity contribution in [3.05, 3.63) is 0 Å². The minimum atomic E-state index is -0.395. The van der Waals surface area contributed by atoms with E-state index in [1.165, 1.54) is 25.7 Å². The van der Waals surface area contributed by atoms with Crippen LogP contribution in [0.25, 0.3) is 0 Å². The van der Waals surface area contributed by atoms with Crippen LogP contribution < -0.4 is 5.32 Å². The van der Waals surface area contributed by atoms with Crippen LogP contribution in [-0.2, 0) is 4.74 Å². The van der Waals surface area contributed by atoms with Crippen molar-refractivity contribution in [1.82, 2.24) is 5.32 Å². The van der Waals surface area contributed by atoms with Crippen molar-refractivity contribution in [3.63, 3.8) is 0 Å². The van der Waals surface area contributed by atoms with Gasteiger partial charge in [-0.05, 0) is 25.5 Å². The minimum Gasteiger partial charge on any atom is -0.389 e. The molecule has 0 amide bonds. The van der Waals surface area contributed by atoms with Crippen LogP contribution in [0.3, 0.4) is 0 Å². The Balaban J connectivity index is 3.57. The predicted molar refractivity (Wildman–Crippen MR) is 86.0 cm³/mol. The fourth-order valence-corrected chi connectivity index (χ4v) is 2.59. The molecular weight excluding hydrogens is 258 g/mol. The first-order chi connectivity index (χ1) is 9.13. The summed E-state index contributed by atoms with van der Waals surface area (Å²) in [6.07, 6.45) is 6.63. The number of nitrogens with one attached hydrogen (secondary N) is 1. The molecule has 0 saturated heterocycles. The summed E-state index contributed by atoms with van der Waals surface area (Å²) in [5, 5.41) is 13.2. The van der Waals surface area contributed by atoms with Crippen LogP contribution in [0.15, 0.2) is 0 Å². The number of hydrogen-bond donors (Lipinski definition) is 2. The normalized spacial score (nSPS) is 16.3. The molecule has 0 aromatic rings. The van der Waals surface area contributed by atoms with E-state index in [4.69, 9.17) is 4.74 Å². The Kier molecular flexibility index (Phi) is 13.4. The van der Waals surface area contributed by atoms with E-state index < -0.39 is 6.10 Å². The number of hydrogen-bond acceptors (Lipinski definition) is 4. The van der Waals surface area contributed by atoms with E-state index in [9.17, 15) is 5.11 Å². The molecule has 0 rings (SSSR count). The molecule has 0 aliphatic carbocycles. The van der Waals surface area contributed by atoms with Crippen molar-refractivity contribution in [1.29, 1.82) is 0 Å². The van der Waals surface area contributed by atoms with Crippen LogP contribution >= 0.6 is 11.8 Å². The van der Waals surface area contributed by atoms with Crippen molar-refractivity contribution in [3.8, 4) is 0 Å². The lowest BCUT2D eigenvalue weighted by Gasteiger charge is -2.18. The van der Waals surface area contributed by atoms with E-state index in [0.717, 1.165) is 12.4 Å². The van der Waals surface area contributed by atoms with Gasteiger partial charge in [-0.25, -0.2) is 0 Å². The molecule has 19 heavy (non-hydrogen) atoms. The van der Waals surface area contributed by atoms with Gasteiger partial charge in [-0.1, -0.05) is 33.1 Å². The average Bonchev–Trinajstić information content (AvgIpc) is 2.40. The molecule has 0 heterocycles. The Morgan fingerprint density at radius 2 is 2.00 bits per heavy atom. The Morgan fingerprint density at radius 1 is 1.26 bits per heavy atom. The summed E-state index contributed by atoms with van der Waals surface area (Å²) in [5.74, 6) is 1.72. The van der Waals surface area contributed by atoms with Crippen LogP contribution in [0.5, 0.6) is 0 Å². The summed E-state index contributed by atoms with van der Waals surface area (Å²) in [6, 6.07) is 0.442. The Morgan fingerprint density at radius 3 is 2.58 bits per heavy atom. The van der Waals surface area contributed by atoms with E-state index in [1.807, 2.05) is 11.8 Å². The highest BCUT2D eigenvalue weighted by Crippen LogP contribution is 2.12. The Bertz CT molecular complexity index is 193. The maximum Gasteiger partial charge on any atom is 0.0897 e. The van der Waals surface area contributed by atoms with Gasteiger partial charge in [0.1, 0.15) is 0 Å². The third kappa shape index (κ3) is 11.7. The molecule has 0 saturated carbocycles. The highest BCUT2D eigenvalue weighted by molar-refractivity contribution is 7.98. The number of unbranched alkanes of at least 4 members (excludes halogenated alkanes) is 1. The molecule has 0 aromatic heterocycles. The molecule has 0 spiro atoms. The molecule has 3 atom stereocenters. The van der Waals surface area contributed by atoms with Crippen LogP contribution in [0.2, 0.25) is 0 Å². The van der Waals surface area contributed by atoms with Crippen molar-refractivity contribution in [2.24, 2.45) is 5.92 Å². The molecular formula is C15H33NO2S. The molecule has 0 aromatic carbocycles. The molecule has 0 bridgehead atoms. The second-order valence-corrected chi connectivity index (χ2v) is 6.28. The standard InChI is InChI=1S/C15H33NO2S/c1-5-7-8-14(6-2)10-18-11-15(17)9-16-13(3)12-19-4/h13-17H,5-12H2,1-4H3. The topological polar surface area (TPSA) is 41.5 Å². The van der Waals surface area contributed by atoms with Gasteiger partial charge >= 0.3 is 0 Å². The van der Waals surface area contributed by atoms with Gasteiger partial charge < -0.3 is 15.2 Å². The van der Waals surface area contributed by atoms with Gasteiger partial charge in [0.2, 0.25) is 0 Å². The summed E-state index contributed by atoms with van der Waals surface area (Å²) in [5.41, 5.74) is 0. The van der Waals surface area contributed by atoms with Crippen LogP contribution in [0, 0.1) is 5.92 Å². The molecule has 0 aliphatic rings. The summed E-state index contributed by atoms with van der Waals surface area (Å²) in [6.45, 7) is 8.43. The summed E-state index contributed by atoms with van der Waals surface area (Å²) in [4.78, 5) is 0. The minimum absolute atomic E-state index is 0.395. The Hall–Kier alpha value is 0.230. The van der Waals surface area contributed by atoms with Gasteiger partial charge in [-0.2, -0.15) is 11.8 Å². The molecule has 116 valence electrons. The number of aliphatic hydroxyl groups excluding tert-OH is 1. The van der Waals surface area contributed by atoms with Gasteiger partial charge in [0.05, 0.1) is 12.7 Å². The zero-order valence-electron chi connectivity index (χ0n) is 13.2. The van der Waals surface area contributed by atoms with Gasteiger partial charge in [-0.15, -0.1) is 0 Å². The summed E-state index contributed by atoms with van der Waals surface area (Å²) in [7, 11) is 0. The number of rotatable bonds is 13. The second kappa shape index (κ2) is 13.2. The third-order valence-electron chi connectivity index (χ3n) is 3.33. The fraction of sp³-hybridized carbons (Fsp3) is 1.00. The largest absolute Gasteiger partial charge is 0.389 e. The Labute approximate surface area is 123 Å². The van der Waals surface area contributed by atoms with Crippen molar-refractivity contribution in [2.45, 2.75) is 58.6 Å². The smallest absolute Gasteiger partial charge is 0.0897 e. The first-order valence-electron chi connectivity index (χ1n) is 7.62. The molecule has 0 aliphatic heterocycles. The second-order valence-electron chi connectivity index (χ2n) is 5.37. The highest BCUT2D eigenvalue weighted by atomic mass is 32.2. The summed E-state index contributed by atoms with van der Waals surface area (Å²) >= 11 is 1.82. The molecule has 0 fully saturated rings. The van der Waals surface area contributed by atoms with E-state index >= 15 is 0 Å². The molecule has 3 nitrogen and oxygen atoms in total. The zero-order chi connectivity index (χ0) is 14.5. The predicted octanol–water partition coefficient (Wildman–Crippen LogP) is 2.92. The van der Waals surface area contributed by atoms with Gasteiger partial charge in [0.15, 0.2) is 0 Å². The number of aliphatic hydroxyl groups is 1. The van der Waals surface area contributed by atoms with Crippen molar-refractivity contribution in [2.75, 3.05) is 31.8 Å². The lowest BCUT2D eigenvalue weighted by Crippen LogP contribution is -2.37. The maximum atomic E-state index is 9.83. The zero-order valence-corrected chi connectivity index (χ0v) is 14.0. The van der Waals surface area contributed by atoms with E-state index in [1.54, 1.807) is 0 Å². The molecule has 4 heteroatoms. The van der Waals surface area contributed by atoms with Crippen LogP contribution in [0.1, 0.15) is 46.5 Å². The first kappa shape index (κ1) is 19.2. The third-order valence-corrected chi connectivity index (χ3v) is 4.16. The van der Waals surface area contributed by atoms with Crippen molar-refractivity contribution >= 4 is 11.8 Å². The van der Waals surface area contributed by atoms with E-state index in [2.05, 4.69) is 32.3 Å². The van der Waals surface area contributed by atoms with Gasteiger partial charge in [0, 0.05) is 24.9 Å². The quantitative estimate of drug-likeness (QED) is 0.547. The first-order valence-corrected chi connectivity index (χ1v) is 9.01. The fourth-order valence-electron chi connectivity index (χ4n) is 1.97. The highest BCUT2D eigenvalue weighted by Gasteiger charge is 2.10. The lowest BCUT2D eigenvalue weighted by atomic mass is 10.0. The van der Waals surface area contributed by atoms with Crippen LogP contribution in [0.4, 0.5) is 0 Å². The lowest BCUT2D eigenvalue weighted by molar-refractivity contribution is 0.0187. The number of thioether (sulfide) groups is 1. The van der Waals surface area contributed by atoms with Crippen LogP contribution in [-0.4, -0.2) is 49.0 Å². The van der Waals surface area contributed by atoms with Gasteiger partial charge in [-0.3, -0.25) is 0 Å². The average molecular weight is 292 g/mol.